The summed E-state index contributed by atoms with van der Waals surface area (Å²) in [5.74, 6) is -0.121. The zero-order valence-electron chi connectivity index (χ0n) is 19.3. The van der Waals surface area contributed by atoms with E-state index in [1.165, 1.54) is 18.2 Å². The van der Waals surface area contributed by atoms with Crippen molar-refractivity contribution in [2.24, 2.45) is 4.99 Å². The van der Waals surface area contributed by atoms with E-state index in [9.17, 15) is 9.18 Å². The third kappa shape index (κ3) is 6.74. The summed E-state index contributed by atoms with van der Waals surface area (Å²) in [6.45, 7) is 4.07. The molecule has 1 amide bonds. The SMILES string of the molecule is Cc1cc(C)nc(NC(=NCCc2c[nH]c3ccc(F)cc23)NC(=O)/C=C/c2ccc(Cl)cc2)n1. The predicted octanol–water partition coefficient (Wildman–Crippen LogP) is 5.21. The molecule has 7 nitrogen and oxygen atoms in total. The minimum absolute atomic E-state index is 0.215. The van der Waals surface area contributed by atoms with Gasteiger partial charge in [0.1, 0.15) is 5.82 Å². The third-order valence-corrected chi connectivity index (χ3v) is 5.38. The first-order chi connectivity index (χ1) is 16.9. The Labute approximate surface area is 207 Å². The molecule has 4 aromatic rings. The molecule has 0 radical (unpaired) electrons. The smallest absolute Gasteiger partial charge is 0.250 e. The van der Waals surface area contributed by atoms with Gasteiger partial charge in [0.2, 0.25) is 11.9 Å². The van der Waals surface area contributed by atoms with E-state index in [2.05, 4.69) is 30.6 Å². The maximum atomic E-state index is 13.7. The van der Waals surface area contributed by atoms with E-state index >= 15 is 0 Å². The zero-order valence-corrected chi connectivity index (χ0v) is 20.0. The standard InChI is InChI=1S/C26H24ClFN6O/c1-16-13-17(2)32-26(31-16)34-25(33-24(35)10-5-18-3-6-20(27)7-4-18)29-12-11-19-15-30-23-9-8-21(28)14-22(19)23/h3-10,13-15,30H,11-12H2,1-2H3,(H2,29,31,32,33,34,35)/b10-5+. The Morgan fingerprint density at radius 2 is 1.86 bits per heavy atom. The molecule has 0 spiro atoms. The van der Waals surface area contributed by atoms with E-state index in [1.807, 2.05) is 38.2 Å². The topological polar surface area (TPSA) is 95.1 Å². The first kappa shape index (κ1) is 24.1. The van der Waals surface area contributed by atoms with Crippen LogP contribution in [0, 0.1) is 19.7 Å². The number of aliphatic imine (C=N–C) groups is 1. The number of halogens is 2. The van der Waals surface area contributed by atoms with Crippen molar-refractivity contribution in [3.8, 4) is 0 Å². The van der Waals surface area contributed by atoms with Gasteiger partial charge in [0.05, 0.1) is 0 Å². The fourth-order valence-electron chi connectivity index (χ4n) is 3.55. The monoisotopic (exact) mass is 490 g/mol. The maximum absolute atomic E-state index is 13.7. The summed E-state index contributed by atoms with van der Waals surface area (Å²) in [5.41, 5.74) is 4.19. The van der Waals surface area contributed by atoms with Crippen molar-refractivity contribution in [3.05, 3.63) is 94.2 Å². The molecule has 0 aliphatic carbocycles. The number of nitrogens with zero attached hydrogens (tertiary/aromatic N) is 3. The predicted molar refractivity (Wildman–Crippen MR) is 138 cm³/mol. The third-order valence-electron chi connectivity index (χ3n) is 5.13. The highest BCUT2D eigenvalue weighted by molar-refractivity contribution is 6.30. The lowest BCUT2D eigenvalue weighted by molar-refractivity contribution is -0.115. The van der Waals surface area contributed by atoms with Gasteiger partial charge in [0.25, 0.3) is 5.91 Å². The fourth-order valence-corrected chi connectivity index (χ4v) is 3.67. The Balaban J connectivity index is 1.50. The molecule has 178 valence electrons. The normalized spacial score (nSPS) is 11.8. The molecule has 4 rings (SSSR count). The molecule has 0 aliphatic rings. The molecule has 0 saturated carbocycles. The number of aromatic amines is 1. The molecule has 3 N–H and O–H groups in total. The summed E-state index contributed by atoms with van der Waals surface area (Å²) in [5, 5.41) is 7.18. The van der Waals surface area contributed by atoms with Gasteiger partial charge in [0.15, 0.2) is 0 Å². The van der Waals surface area contributed by atoms with Crippen LogP contribution in [0.15, 0.2) is 65.8 Å². The quantitative estimate of drug-likeness (QED) is 0.196. The Hall–Kier alpha value is -4.04. The van der Waals surface area contributed by atoms with Crippen LogP contribution in [0.1, 0.15) is 22.5 Å². The molecule has 2 aromatic heterocycles. The highest BCUT2D eigenvalue weighted by Gasteiger charge is 2.09. The number of nitrogens with one attached hydrogen (secondary N) is 3. The molecule has 2 aromatic carbocycles. The molecule has 2 heterocycles. The lowest BCUT2D eigenvalue weighted by Gasteiger charge is -2.10. The van der Waals surface area contributed by atoms with E-state index in [-0.39, 0.29) is 17.7 Å². The zero-order chi connectivity index (χ0) is 24.8. The van der Waals surface area contributed by atoms with Crippen molar-refractivity contribution in [1.29, 1.82) is 0 Å². The van der Waals surface area contributed by atoms with Crippen LogP contribution in [0.3, 0.4) is 0 Å². The Morgan fingerprint density at radius 3 is 2.60 bits per heavy atom. The number of amides is 1. The molecule has 9 heteroatoms. The first-order valence-corrected chi connectivity index (χ1v) is 11.4. The number of guanidine groups is 1. The van der Waals surface area contributed by atoms with Gasteiger partial charge in [0, 0.05) is 46.1 Å². The molecular weight excluding hydrogens is 467 g/mol. The van der Waals surface area contributed by atoms with Crippen molar-refractivity contribution in [2.75, 3.05) is 11.9 Å². The second kappa shape index (κ2) is 10.9. The average molecular weight is 491 g/mol. The number of carbonyl (C=O) groups is 1. The van der Waals surface area contributed by atoms with Crippen LogP contribution in [-0.2, 0) is 11.2 Å². The molecule has 0 bridgehead atoms. The van der Waals surface area contributed by atoms with E-state index in [0.717, 1.165) is 33.4 Å². The van der Waals surface area contributed by atoms with E-state index < -0.39 is 0 Å². The number of H-pyrrole nitrogens is 1. The number of hydrogen-bond donors (Lipinski definition) is 3. The molecule has 35 heavy (non-hydrogen) atoms. The van der Waals surface area contributed by atoms with E-state index in [4.69, 9.17) is 11.6 Å². The number of aryl methyl sites for hydroxylation is 2. The number of anilines is 1. The molecule has 0 atom stereocenters. The van der Waals surface area contributed by atoms with Crippen LogP contribution in [0.5, 0.6) is 0 Å². The number of benzene rings is 2. The van der Waals surface area contributed by atoms with Crippen LogP contribution >= 0.6 is 11.6 Å². The van der Waals surface area contributed by atoms with Crippen molar-refractivity contribution in [2.45, 2.75) is 20.3 Å². The number of fused-ring (bicyclic) bond motifs is 1. The molecule has 0 saturated heterocycles. The summed E-state index contributed by atoms with van der Waals surface area (Å²) in [4.78, 5) is 29.0. The Morgan fingerprint density at radius 1 is 1.11 bits per heavy atom. The maximum Gasteiger partial charge on any atom is 0.250 e. The number of rotatable bonds is 6. The Kier molecular flexibility index (Phi) is 7.52. The summed E-state index contributed by atoms with van der Waals surface area (Å²) in [6.07, 6.45) is 5.47. The molecular formula is C26H24ClFN6O. The van der Waals surface area contributed by atoms with Gasteiger partial charge in [-0.2, -0.15) is 0 Å². The van der Waals surface area contributed by atoms with Gasteiger partial charge in [-0.05, 0) is 73.9 Å². The van der Waals surface area contributed by atoms with E-state index in [0.29, 0.717) is 23.9 Å². The van der Waals surface area contributed by atoms with Gasteiger partial charge in [-0.15, -0.1) is 0 Å². The second-order valence-corrected chi connectivity index (χ2v) is 8.39. The second-order valence-electron chi connectivity index (χ2n) is 7.96. The number of aromatic nitrogens is 3. The van der Waals surface area contributed by atoms with Gasteiger partial charge in [-0.25, -0.2) is 14.4 Å². The van der Waals surface area contributed by atoms with Crippen molar-refractivity contribution >= 4 is 46.4 Å². The molecule has 0 unspecified atom stereocenters. The highest BCUT2D eigenvalue weighted by atomic mass is 35.5. The van der Waals surface area contributed by atoms with Gasteiger partial charge < -0.3 is 4.98 Å². The minimum Gasteiger partial charge on any atom is -0.361 e. The summed E-state index contributed by atoms with van der Waals surface area (Å²) < 4.78 is 13.7. The lowest BCUT2D eigenvalue weighted by atomic mass is 10.1. The van der Waals surface area contributed by atoms with Gasteiger partial charge in [-0.3, -0.25) is 20.4 Å². The van der Waals surface area contributed by atoms with Crippen LogP contribution < -0.4 is 10.6 Å². The van der Waals surface area contributed by atoms with Crippen LogP contribution in [0.4, 0.5) is 10.3 Å². The molecule has 0 fully saturated rings. The van der Waals surface area contributed by atoms with Crippen LogP contribution in [-0.4, -0.2) is 33.4 Å². The average Bonchev–Trinajstić information content (AvgIpc) is 3.20. The summed E-state index contributed by atoms with van der Waals surface area (Å²) >= 11 is 5.91. The highest BCUT2D eigenvalue weighted by Crippen LogP contribution is 2.20. The van der Waals surface area contributed by atoms with E-state index in [1.54, 1.807) is 24.3 Å². The van der Waals surface area contributed by atoms with Crippen LogP contribution in [0.25, 0.3) is 17.0 Å². The largest absolute Gasteiger partial charge is 0.361 e. The number of carbonyl (C=O) groups excluding carboxylic acids is 1. The van der Waals surface area contributed by atoms with Crippen molar-refractivity contribution < 1.29 is 9.18 Å². The lowest BCUT2D eigenvalue weighted by Crippen LogP contribution is -2.35. The number of hydrogen-bond acceptors (Lipinski definition) is 4. The van der Waals surface area contributed by atoms with Crippen LogP contribution in [0.2, 0.25) is 5.02 Å². The molecule has 0 aliphatic heterocycles. The Bertz CT molecular complexity index is 1390. The van der Waals surface area contributed by atoms with Gasteiger partial charge >= 0.3 is 0 Å². The van der Waals surface area contributed by atoms with Crippen molar-refractivity contribution in [3.63, 3.8) is 0 Å². The fraction of sp³-hybridized carbons (Fsp3) is 0.154. The van der Waals surface area contributed by atoms with Gasteiger partial charge in [-0.1, -0.05) is 23.7 Å². The minimum atomic E-state index is -0.371. The first-order valence-electron chi connectivity index (χ1n) is 11.0. The van der Waals surface area contributed by atoms with Crippen molar-refractivity contribution in [1.82, 2.24) is 20.3 Å². The summed E-state index contributed by atoms with van der Waals surface area (Å²) in [6, 6.07) is 13.6. The summed E-state index contributed by atoms with van der Waals surface area (Å²) in [7, 11) is 0.